The summed E-state index contributed by atoms with van der Waals surface area (Å²) in [5.74, 6) is 1.52. The van der Waals surface area contributed by atoms with Gasteiger partial charge in [-0.25, -0.2) is 13.9 Å². The van der Waals surface area contributed by atoms with Gasteiger partial charge in [-0.2, -0.15) is 0 Å². The molecule has 4 rings (SSSR count). The van der Waals surface area contributed by atoms with Crippen molar-refractivity contribution in [1.29, 1.82) is 0 Å². The summed E-state index contributed by atoms with van der Waals surface area (Å²) in [6, 6.07) is 4.40. The van der Waals surface area contributed by atoms with E-state index in [-0.39, 0.29) is 11.9 Å². The Labute approximate surface area is 173 Å². The van der Waals surface area contributed by atoms with Crippen LogP contribution in [0.5, 0.6) is 5.75 Å². The summed E-state index contributed by atoms with van der Waals surface area (Å²) in [4.78, 5) is 32.1. The molecule has 2 aliphatic heterocycles. The van der Waals surface area contributed by atoms with Crippen molar-refractivity contribution < 1.29 is 18.9 Å². The van der Waals surface area contributed by atoms with Gasteiger partial charge in [0.25, 0.3) is 5.91 Å². The number of imidazole rings is 1. The fraction of sp³-hybridized carbons (Fsp3) is 0.368. The van der Waals surface area contributed by atoms with Gasteiger partial charge in [-0.1, -0.05) is 16.6 Å². The molecule has 3 heterocycles. The van der Waals surface area contributed by atoms with Gasteiger partial charge < -0.3 is 10.1 Å². The van der Waals surface area contributed by atoms with Crippen LogP contribution in [0.2, 0.25) is 5.02 Å². The van der Waals surface area contributed by atoms with E-state index >= 15 is 0 Å². The molecule has 1 saturated heterocycles. The number of aliphatic imine (C=N–C) groups is 1. The van der Waals surface area contributed by atoms with Crippen LogP contribution in [0.15, 0.2) is 29.4 Å². The van der Waals surface area contributed by atoms with E-state index in [2.05, 4.69) is 10.3 Å². The van der Waals surface area contributed by atoms with Gasteiger partial charge in [-0.05, 0) is 25.1 Å². The Hall–Kier alpha value is -3.07. The maximum atomic E-state index is 12.7. The highest BCUT2D eigenvalue weighted by Crippen LogP contribution is 2.29. The highest BCUT2D eigenvalue weighted by atomic mass is 35.5. The quantitative estimate of drug-likeness (QED) is 0.754. The zero-order chi connectivity index (χ0) is 20.9. The number of amidine groups is 1. The third-order valence-corrected chi connectivity index (χ3v) is 5.49. The molecule has 2 aromatic rings. The maximum absolute atomic E-state index is 12.7. The highest BCUT2D eigenvalue weighted by molar-refractivity contribution is 6.30. The Balaban J connectivity index is 1.58. The number of fused-ring (bicyclic) bond motifs is 3. The van der Waals surface area contributed by atoms with Gasteiger partial charge in [0.05, 0.1) is 19.3 Å². The number of hydrogen-bond donors (Lipinski definition) is 1. The molecule has 0 spiro atoms. The van der Waals surface area contributed by atoms with E-state index in [0.717, 1.165) is 16.3 Å². The van der Waals surface area contributed by atoms with Crippen molar-refractivity contribution in [3.05, 3.63) is 35.1 Å². The number of rotatable bonds is 5. The Bertz CT molecular complexity index is 1050. The topological polar surface area (TPSA) is 83.0 Å². The van der Waals surface area contributed by atoms with Gasteiger partial charge in [0, 0.05) is 25.7 Å². The third kappa shape index (κ3) is 3.02. The minimum absolute atomic E-state index is 0.283. The molecular weight excluding hydrogens is 396 g/mol. The van der Waals surface area contributed by atoms with E-state index < -0.39 is 6.04 Å². The van der Waals surface area contributed by atoms with Gasteiger partial charge >= 0.3 is 12.0 Å². The number of anilines is 1. The van der Waals surface area contributed by atoms with Crippen molar-refractivity contribution >= 4 is 41.0 Å². The molecule has 0 bridgehead atoms. The first kappa shape index (κ1) is 19.3. The number of amides is 3. The van der Waals surface area contributed by atoms with Crippen LogP contribution in [-0.4, -0.2) is 59.9 Å². The lowest BCUT2D eigenvalue weighted by Gasteiger charge is -2.30. The summed E-state index contributed by atoms with van der Waals surface area (Å²) in [5, 5.41) is 3.95. The van der Waals surface area contributed by atoms with Crippen LogP contribution in [0.3, 0.4) is 0 Å². The molecular formula is C19H22ClN6O3+. The van der Waals surface area contributed by atoms with Crippen LogP contribution in [0.4, 0.5) is 16.4 Å². The predicted molar refractivity (Wildman–Crippen MR) is 108 cm³/mol. The molecule has 1 N–H and O–H groups in total. The zero-order valence-electron chi connectivity index (χ0n) is 16.6. The molecule has 3 amide bonds. The second kappa shape index (κ2) is 7.07. The summed E-state index contributed by atoms with van der Waals surface area (Å²) < 4.78 is 9.20. The third-order valence-electron chi connectivity index (χ3n) is 5.26. The Kier molecular flexibility index (Phi) is 4.70. The number of nitrogens with one attached hydrogen (secondary N) is 1. The second-order valence-electron chi connectivity index (χ2n) is 7.01. The fourth-order valence-electron chi connectivity index (χ4n) is 3.71. The van der Waals surface area contributed by atoms with E-state index in [0.29, 0.717) is 35.6 Å². The number of carbonyl (C=O) groups excluding carboxylic acids is 2. The summed E-state index contributed by atoms with van der Waals surface area (Å²) in [6.45, 7) is 3.17. The van der Waals surface area contributed by atoms with Gasteiger partial charge in [-0.15, -0.1) is 0 Å². The van der Waals surface area contributed by atoms with Crippen molar-refractivity contribution in [1.82, 2.24) is 14.4 Å². The molecule has 152 valence electrons. The number of nitrogens with zero attached hydrogens (tertiary/aromatic N) is 5. The number of carbonyl (C=O) groups is 2. The van der Waals surface area contributed by atoms with Crippen LogP contribution in [0.25, 0.3) is 0 Å². The first-order valence-corrected chi connectivity index (χ1v) is 9.53. The largest absolute Gasteiger partial charge is 0.495 e. The van der Waals surface area contributed by atoms with Gasteiger partial charge in [0.2, 0.25) is 11.9 Å². The lowest BCUT2D eigenvalue weighted by molar-refractivity contribution is -0.677. The van der Waals surface area contributed by atoms with Crippen LogP contribution in [0.1, 0.15) is 11.7 Å². The molecule has 0 aliphatic carbocycles. The SMILES string of the molecule is COc1ccc(Cl)cc1NCCn1c(C)c[n+]2c1N=C1C2C(=O)N(C)C(=O)N1C. The molecule has 29 heavy (non-hydrogen) atoms. The number of likely N-dealkylation sites (N-methyl/N-ethyl adjacent to an activating group) is 2. The second-order valence-corrected chi connectivity index (χ2v) is 7.45. The number of ether oxygens (including phenoxy) is 1. The minimum Gasteiger partial charge on any atom is -0.495 e. The molecule has 1 fully saturated rings. The van der Waals surface area contributed by atoms with Gasteiger partial charge in [0.1, 0.15) is 17.6 Å². The van der Waals surface area contributed by atoms with Crippen LogP contribution in [-0.2, 0) is 11.3 Å². The van der Waals surface area contributed by atoms with Crippen LogP contribution >= 0.6 is 11.6 Å². The monoisotopic (exact) mass is 417 g/mol. The predicted octanol–water partition coefficient (Wildman–Crippen LogP) is 1.97. The van der Waals surface area contributed by atoms with E-state index in [9.17, 15) is 9.59 Å². The number of methoxy groups -OCH3 is 1. The molecule has 1 aromatic heterocycles. The van der Waals surface area contributed by atoms with Crippen LogP contribution < -0.4 is 14.6 Å². The Morgan fingerprint density at radius 3 is 2.76 bits per heavy atom. The average Bonchev–Trinajstić information content (AvgIpc) is 3.20. The number of imide groups is 1. The Morgan fingerprint density at radius 1 is 1.28 bits per heavy atom. The number of aryl methyl sites for hydroxylation is 1. The van der Waals surface area contributed by atoms with Crippen molar-refractivity contribution in [2.24, 2.45) is 4.99 Å². The van der Waals surface area contributed by atoms with Crippen molar-refractivity contribution in [2.45, 2.75) is 19.5 Å². The molecule has 0 radical (unpaired) electrons. The summed E-state index contributed by atoms with van der Waals surface area (Å²) in [5.41, 5.74) is 1.77. The first-order valence-electron chi connectivity index (χ1n) is 9.16. The maximum Gasteiger partial charge on any atom is 0.401 e. The summed E-state index contributed by atoms with van der Waals surface area (Å²) in [6.07, 6.45) is 1.89. The van der Waals surface area contributed by atoms with Crippen molar-refractivity contribution in [2.75, 3.05) is 33.1 Å². The highest BCUT2D eigenvalue weighted by Gasteiger charge is 2.52. The molecule has 2 aliphatic rings. The van der Waals surface area contributed by atoms with Gasteiger partial charge in [-0.3, -0.25) is 14.6 Å². The summed E-state index contributed by atoms with van der Waals surface area (Å²) in [7, 11) is 4.73. The molecule has 1 aromatic carbocycles. The number of hydrogen-bond acceptors (Lipinski definition) is 5. The number of halogens is 1. The lowest BCUT2D eigenvalue weighted by Crippen LogP contribution is -2.61. The number of benzene rings is 1. The number of aromatic nitrogens is 2. The van der Waals surface area contributed by atoms with Gasteiger partial charge in [0.15, 0.2) is 0 Å². The molecule has 1 atom stereocenters. The van der Waals surface area contributed by atoms with E-state index in [1.54, 1.807) is 20.2 Å². The van der Waals surface area contributed by atoms with Crippen molar-refractivity contribution in [3.8, 4) is 5.75 Å². The first-order chi connectivity index (χ1) is 13.8. The van der Waals surface area contributed by atoms with E-state index in [1.807, 2.05) is 34.4 Å². The van der Waals surface area contributed by atoms with E-state index in [1.165, 1.54) is 11.9 Å². The minimum atomic E-state index is -0.612. The van der Waals surface area contributed by atoms with Crippen LogP contribution in [0, 0.1) is 6.92 Å². The fourth-order valence-corrected chi connectivity index (χ4v) is 3.88. The Morgan fingerprint density at radius 2 is 2.03 bits per heavy atom. The molecule has 1 unspecified atom stereocenters. The molecule has 0 saturated carbocycles. The molecule has 9 nitrogen and oxygen atoms in total. The van der Waals surface area contributed by atoms with E-state index in [4.69, 9.17) is 16.3 Å². The number of urea groups is 1. The molecule has 10 heteroatoms. The smallest absolute Gasteiger partial charge is 0.401 e. The van der Waals surface area contributed by atoms with Crippen molar-refractivity contribution in [3.63, 3.8) is 0 Å². The summed E-state index contributed by atoms with van der Waals surface area (Å²) >= 11 is 6.09. The lowest BCUT2D eigenvalue weighted by atomic mass is 10.2. The zero-order valence-corrected chi connectivity index (χ0v) is 17.4. The normalized spacial score (nSPS) is 18.0. The standard InChI is InChI=1S/C19H22ClN6O3/c1-11-10-26-15-16(23(2)19(28)24(3)17(15)27)22-18(26)25(11)8-7-21-13-9-12(20)5-6-14(13)29-4/h5-6,9-10,15,21H,7-8H2,1-4H3/q+1. The average molecular weight is 418 g/mol.